The predicted octanol–water partition coefficient (Wildman–Crippen LogP) is 4.40. The van der Waals surface area contributed by atoms with Crippen LogP contribution in [0.1, 0.15) is 17.4 Å². The maximum Gasteiger partial charge on any atom is 0.123 e. The highest BCUT2D eigenvalue weighted by molar-refractivity contribution is 5.81. The van der Waals surface area contributed by atoms with Crippen LogP contribution < -0.4 is 0 Å². The molecule has 0 bridgehead atoms. The Morgan fingerprint density at radius 3 is 2.93 bits per heavy atom. The first kappa shape index (κ1) is 18.8. The summed E-state index contributed by atoms with van der Waals surface area (Å²) in [6.45, 7) is 3.02. The van der Waals surface area contributed by atoms with Crippen molar-refractivity contribution in [3.8, 4) is 11.3 Å². The van der Waals surface area contributed by atoms with Crippen molar-refractivity contribution in [1.82, 2.24) is 19.9 Å². The van der Waals surface area contributed by atoms with E-state index >= 15 is 0 Å². The zero-order valence-corrected chi connectivity index (χ0v) is 16.4. The molecule has 30 heavy (non-hydrogen) atoms. The highest BCUT2D eigenvalue weighted by Crippen LogP contribution is 2.26. The lowest BCUT2D eigenvalue weighted by atomic mass is 10.1. The van der Waals surface area contributed by atoms with E-state index in [4.69, 9.17) is 9.72 Å². The van der Waals surface area contributed by atoms with E-state index in [1.165, 1.54) is 23.1 Å². The van der Waals surface area contributed by atoms with Crippen molar-refractivity contribution in [2.75, 3.05) is 19.7 Å². The fraction of sp³-hybridized carbons (Fsp3) is 0.208. The van der Waals surface area contributed by atoms with E-state index in [0.717, 1.165) is 30.8 Å². The van der Waals surface area contributed by atoms with Gasteiger partial charge < -0.3 is 4.74 Å². The molecule has 1 saturated heterocycles. The number of benzene rings is 2. The molecule has 2 aromatic carbocycles. The summed E-state index contributed by atoms with van der Waals surface area (Å²) in [5.41, 5.74) is 4.38. The molecule has 5 nitrogen and oxygen atoms in total. The fourth-order valence-corrected chi connectivity index (χ4v) is 3.88. The van der Waals surface area contributed by atoms with E-state index in [2.05, 4.69) is 27.0 Å². The third kappa shape index (κ3) is 3.92. The molecule has 150 valence electrons. The molecule has 0 spiro atoms. The third-order valence-electron chi connectivity index (χ3n) is 5.39. The second-order valence-electron chi connectivity index (χ2n) is 7.42. The molecule has 0 saturated carbocycles. The van der Waals surface area contributed by atoms with Gasteiger partial charge in [0.25, 0.3) is 0 Å². The smallest absolute Gasteiger partial charge is 0.123 e. The Kier molecular flexibility index (Phi) is 5.17. The summed E-state index contributed by atoms with van der Waals surface area (Å²) < 4.78 is 19.6. The summed E-state index contributed by atoms with van der Waals surface area (Å²) in [6, 6.07) is 16.7. The van der Waals surface area contributed by atoms with Gasteiger partial charge in [0.2, 0.25) is 0 Å². The van der Waals surface area contributed by atoms with E-state index < -0.39 is 0 Å². The molecule has 0 aliphatic carbocycles. The lowest BCUT2D eigenvalue weighted by Crippen LogP contribution is -2.38. The maximum atomic E-state index is 13.6. The number of hydrogen-bond acceptors (Lipinski definition) is 5. The lowest BCUT2D eigenvalue weighted by molar-refractivity contribution is -0.0349. The molecule has 5 rings (SSSR count). The average Bonchev–Trinajstić information content (AvgIpc) is 2.80. The summed E-state index contributed by atoms with van der Waals surface area (Å²) in [7, 11) is 0. The maximum absolute atomic E-state index is 13.6. The molecular formula is C24H21FN4O. The highest BCUT2D eigenvalue weighted by Gasteiger charge is 2.24. The first-order chi connectivity index (χ1) is 14.8. The van der Waals surface area contributed by atoms with Crippen molar-refractivity contribution < 1.29 is 9.13 Å². The Balaban J connectivity index is 1.36. The van der Waals surface area contributed by atoms with Crippen LogP contribution in [0.2, 0.25) is 0 Å². The Morgan fingerprint density at radius 1 is 1.07 bits per heavy atom. The third-order valence-corrected chi connectivity index (χ3v) is 5.39. The van der Waals surface area contributed by atoms with Gasteiger partial charge >= 0.3 is 0 Å². The van der Waals surface area contributed by atoms with Gasteiger partial charge in [0.05, 0.1) is 35.9 Å². The Morgan fingerprint density at radius 2 is 2.00 bits per heavy atom. The number of rotatable bonds is 4. The summed E-state index contributed by atoms with van der Waals surface area (Å²) >= 11 is 0. The Hall–Kier alpha value is -3.22. The van der Waals surface area contributed by atoms with Crippen molar-refractivity contribution in [3.63, 3.8) is 0 Å². The lowest BCUT2D eigenvalue weighted by Gasteiger charge is -2.32. The highest BCUT2D eigenvalue weighted by atomic mass is 19.1. The minimum atomic E-state index is -0.288. The molecule has 1 aliphatic rings. The number of ether oxygens (including phenoxy) is 1. The summed E-state index contributed by atoms with van der Waals surface area (Å²) in [5.74, 6) is -0.288. The van der Waals surface area contributed by atoms with Crippen LogP contribution in [0.25, 0.3) is 22.2 Å². The van der Waals surface area contributed by atoms with Gasteiger partial charge in [0.1, 0.15) is 11.9 Å². The van der Waals surface area contributed by atoms with Gasteiger partial charge in [-0.1, -0.05) is 30.3 Å². The minimum absolute atomic E-state index is 0.173. The summed E-state index contributed by atoms with van der Waals surface area (Å²) in [5, 5.41) is 1.18. The summed E-state index contributed by atoms with van der Waals surface area (Å²) in [6.07, 6.45) is 5.08. The second-order valence-corrected chi connectivity index (χ2v) is 7.42. The van der Waals surface area contributed by atoms with E-state index in [0.29, 0.717) is 17.9 Å². The van der Waals surface area contributed by atoms with Crippen molar-refractivity contribution in [1.29, 1.82) is 0 Å². The van der Waals surface area contributed by atoms with Crippen LogP contribution >= 0.6 is 0 Å². The van der Waals surface area contributed by atoms with E-state index in [9.17, 15) is 4.39 Å². The van der Waals surface area contributed by atoms with E-state index in [-0.39, 0.29) is 11.9 Å². The first-order valence-electron chi connectivity index (χ1n) is 10.0. The number of halogens is 1. The minimum Gasteiger partial charge on any atom is -0.369 e. The van der Waals surface area contributed by atoms with Gasteiger partial charge in [-0.15, -0.1) is 0 Å². The molecule has 1 aliphatic heterocycles. The van der Waals surface area contributed by atoms with Crippen molar-refractivity contribution >= 4 is 10.9 Å². The molecule has 2 aromatic heterocycles. The molecule has 1 fully saturated rings. The Bertz CT molecular complexity index is 1180. The van der Waals surface area contributed by atoms with Crippen molar-refractivity contribution in [2.45, 2.75) is 12.6 Å². The van der Waals surface area contributed by atoms with Crippen LogP contribution in [-0.4, -0.2) is 39.5 Å². The molecule has 1 atom stereocenters. The molecule has 0 amide bonds. The Labute approximate surface area is 174 Å². The predicted molar refractivity (Wildman–Crippen MR) is 113 cm³/mol. The SMILES string of the molecule is Fc1cccc(-c2cncc(C3CN(Cc4ccnc5ccccc45)CCO3)n2)c1. The van der Waals surface area contributed by atoms with Gasteiger partial charge in [0.15, 0.2) is 0 Å². The number of para-hydroxylation sites is 1. The van der Waals surface area contributed by atoms with Crippen molar-refractivity contribution in [3.05, 3.63) is 90.3 Å². The van der Waals surface area contributed by atoms with Gasteiger partial charge in [-0.2, -0.15) is 0 Å². The van der Waals surface area contributed by atoms with Gasteiger partial charge in [0, 0.05) is 36.8 Å². The normalized spacial score (nSPS) is 17.3. The quantitative estimate of drug-likeness (QED) is 0.508. The largest absolute Gasteiger partial charge is 0.369 e. The number of pyridine rings is 1. The van der Waals surface area contributed by atoms with E-state index in [1.54, 1.807) is 18.5 Å². The van der Waals surface area contributed by atoms with Gasteiger partial charge in [-0.3, -0.25) is 14.9 Å². The molecule has 6 heteroatoms. The van der Waals surface area contributed by atoms with Crippen LogP contribution in [0.5, 0.6) is 0 Å². The monoisotopic (exact) mass is 400 g/mol. The van der Waals surface area contributed by atoms with Crippen molar-refractivity contribution in [2.24, 2.45) is 0 Å². The van der Waals surface area contributed by atoms with Gasteiger partial charge in [-0.25, -0.2) is 9.37 Å². The van der Waals surface area contributed by atoms with Crippen LogP contribution in [0, 0.1) is 5.82 Å². The van der Waals surface area contributed by atoms with Crippen LogP contribution in [0.3, 0.4) is 0 Å². The molecule has 3 heterocycles. The zero-order valence-electron chi connectivity index (χ0n) is 16.4. The van der Waals surface area contributed by atoms with Gasteiger partial charge in [-0.05, 0) is 29.8 Å². The summed E-state index contributed by atoms with van der Waals surface area (Å²) in [4.78, 5) is 15.9. The molecule has 0 N–H and O–H groups in total. The average molecular weight is 400 g/mol. The molecule has 4 aromatic rings. The van der Waals surface area contributed by atoms with Crippen LogP contribution in [0.15, 0.2) is 73.2 Å². The van der Waals surface area contributed by atoms with Crippen LogP contribution in [0.4, 0.5) is 4.39 Å². The number of nitrogens with zero attached hydrogens (tertiary/aromatic N) is 4. The van der Waals surface area contributed by atoms with E-state index in [1.807, 2.05) is 30.5 Å². The first-order valence-corrected chi connectivity index (χ1v) is 10.0. The molecular weight excluding hydrogens is 379 g/mol. The fourth-order valence-electron chi connectivity index (χ4n) is 3.88. The second kappa shape index (κ2) is 8.26. The molecule has 0 radical (unpaired) electrons. The topological polar surface area (TPSA) is 51.1 Å². The number of fused-ring (bicyclic) bond motifs is 1. The standard InChI is InChI=1S/C24H21FN4O/c25-19-5-3-4-17(12-19)22-13-26-14-23(28-22)24-16-29(10-11-30-24)15-18-8-9-27-21-7-2-1-6-20(18)21/h1-9,12-14,24H,10-11,15-16H2. The number of aromatic nitrogens is 3. The zero-order chi connectivity index (χ0) is 20.3. The number of hydrogen-bond donors (Lipinski definition) is 0. The number of morpholine rings is 1. The molecule has 1 unspecified atom stereocenters. The van der Waals surface area contributed by atoms with Crippen LogP contribution in [-0.2, 0) is 11.3 Å².